The number of fused-ring (bicyclic) bond motifs is 1. The summed E-state index contributed by atoms with van der Waals surface area (Å²) in [5, 5.41) is 3.27. The number of hydrogen-bond donors (Lipinski definition) is 1. The molecule has 1 unspecified atom stereocenters. The normalized spacial score (nSPS) is 16.2. The number of carbonyl (C=O) groups excluding carboxylic acids is 1. The van der Waals surface area contributed by atoms with Gasteiger partial charge in [0.15, 0.2) is 5.22 Å². The zero-order valence-corrected chi connectivity index (χ0v) is 13.0. The molecule has 0 fully saturated rings. The second kappa shape index (κ2) is 5.62. The van der Waals surface area contributed by atoms with Crippen LogP contribution in [0.25, 0.3) is 0 Å². The van der Waals surface area contributed by atoms with E-state index in [9.17, 15) is 4.79 Å². The molecular formula is C15H13BrClNO2. The van der Waals surface area contributed by atoms with Crippen molar-refractivity contribution in [2.24, 2.45) is 0 Å². The fourth-order valence-electron chi connectivity index (χ4n) is 2.39. The Morgan fingerprint density at radius 1 is 1.30 bits per heavy atom. The van der Waals surface area contributed by atoms with Crippen molar-refractivity contribution >= 4 is 33.4 Å². The van der Waals surface area contributed by atoms with Crippen molar-refractivity contribution in [2.75, 3.05) is 6.54 Å². The van der Waals surface area contributed by atoms with Crippen molar-refractivity contribution in [1.29, 1.82) is 0 Å². The van der Waals surface area contributed by atoms with Crippen LogP contribution in [0.3, 0.4) is 0 Å². The molecule has 2 aromatic rings. The van der Waals surface area contributed by atoms with E-state index in [0.29, 0.717) is 5.22 Å². The van der Waals surface area contributed by atoms with Gasteiger partial charge in [0.1, 0.15) is 5.76 Å². The highest BCUT2D eigenvalue weighted by atomic mass is 79.9. The summed E-state index contributed by atoms with van der Waals surface area (Å²) in [4.78, 5) is 11.9. The molecule has 1 atom stereocenters. The molecule has 20 heavy (non-hydrogen) atoms. The summed E-state index contributed by atoms with van der Waals surface area (Å²) >= 11 is 9.39. The summed E-state index contributed by atoms with van der Waals surface area (Å²) in [6.45, 7) is 0.731. The lowest BCUT2D eigenvalue weighted by atomic mass is 9.99. The molecule has 0 saturated carbocycles. The Morgan fingerprint density at radius 2 is 2.15 bits per heavy atom. The first-order valence-electron chi connectivity index (χ1n) is 6.45. The molecule has 1 N–H and O–H groups in total. The van der Waals surface area contributed by atoms with E-state index in [-0.39, 0.29) is 10.7 Å². The molecule has 0 aliphatic carbocycles. The molecule has 1 aromatic heterocycles. The maximum absolute atomic E-state index is 12.0. The van der Waals surface area contributed by atoms with E-state index in [0.717, 1.165) is 41.8 Å². The van der Waals surface area contributed by atoms with Crippen molar-refractivity contribution in [1.82, 2.24) is 5.32 Å². The first-order valence-corrected chi connectivity index (χ1v) is 7.75. The number of nitrogens with one attached hydrogen (secondary N) is 1. The van der Waals surface area contributed by atoms with Gasteiger partial charge < -0.3 is 9.73 Å². The Bertz CT molecular complexity index is 653. The minimum absolute atomic E-state index is 0.00322. The molecule has 1 aliphatic rings. The number of benzene rings is 1. The summed E-state index contributed by atoms with van der Waals surface area (Å²) in [6.07, 6.45) is 1.90. The fourth-order valence-corrected chi connectivity index (χ4v) is 3.07. The Balaban J connectivity index is 1.97. The molecule has 0 saturated heterocycles. The number of amides is 1. The molecule has 1 amide bonds. The summed E-state index contributed by atoms with van der Waals surface area (Å²) < 4.78 is 5.41. The van der Waals surface area contributed by atoms with Crippen LogP contribution in [0.4, 0.5) is 0 Å². The minimum Gasteiger partial charge on any atom is -0.448 e. The van der Waals surface area contributed by atoms with Gasteiger partial charge in [0.25, 0.3) is 5.91 Å². The second-order valence-electron chi connectivity index (χ2n) is 4.78. The van der Waals surface area contributed by atoms with Gasteiger partial charge in [-0.1, -0.05) is 28.1 Å². The van der Waals surface area contributed by atoms with Crippen molar-refractivity contribution < 1.29 is 9.21 Å². The average Bonchev–Trinajstić information content (AvgIpc) is 2.80. The van der Waals surface area contributed by atoms with Crippen molar-refractivity contribution in [2.45, 2.75) is 17.7 Å². The van der Waals surface area contributed by atoms with E-state index in [1.165, 1.54) is 0 Å². The number of alkyl halides is 1. The van der Waals surface area contributed by atoms with Crippen LogP contribution in [-0.4, -0.2) is 12.5 Å². The van der Waals surface area contributed by atoms with Gasteiger partial charge in [0.2, 0.25) is 0 Å². The lowest BCUT2D eigenvalue weighted by Crippen LogP contribution is -2.22. The minimum atomic E-state index is -0.114. The third-order valence-corrected chi connectivity index (χ3v) is 4.61. The standard InChI is InChI=1S/C15H13BrClNO2/c16-14(12-5-6-13(17)20-12)10-4-3-9-2-1-7-18-15(19)11(9)8-10/h3-6,8,14H,1-2,7H2,(H,18,19). The summed E-state index contributed by atoms with van der Waals surface area (Å²) in [6, 6.07) is 9.50. The van der Waals surface area contributed by atoms with Crippen LogP contribution in [-0.2, 0) is 6.42 Å². The lowest BCUT2D eigenvalue weighted by molar-refractivity contribution is 0.0956. The smallest absolute Gasteiger partial charge is 0.251 e. The zero-order chi connectivity index (χ0) is 14.1. The van der Waals surface area contributed by atoms with Gasteiger partial charge in [-0.2, -0.15) is 0 Å². The SMILES string of the molecule is O=C1NCCCc2ccc(C(Br)c3ccc(Cl)o3)cc21. The van der Waals surface area contributed by atoms with Crippen molar-refractivity contribution in [3.63, 3.8) is 0 Å². The fraction of sp³-hybridized carbons (Fsp3) is 0.267. The molecule has 0 radical (unpaired) electrons. The second-order valence-corrected chi connectivity index (χ2v) is 6.07. The molecular weight excluding hydrogens is 342 g/mol. The van der Waals surface area contributed by atoms with Gasteiger partial charge in [-0.05, 0) is 53.8 Å². The molecule has 1 aliphatic heterocycles. The molecule has 3 rings (SSSR count). The van der Waals surface area contributed by atoms with E-state index < -0.39 is 0 Å². The Hall–Kier alpha value is -1.26. The average molecular weight is 355 g/mol. The van der Waals surface area contributed by atoms with Crippen LogP contribution >= 0.6 is 27.5 Å². The molecule has 104 valence electrons. The molecule has 2 heterocycles. The number of hydrogen-bond acceptors (Lipinski definition) is 2. The van der Waals surface area contributed by atoms with E-state index in [2.05, 4.69) is 21.2 Å². The van der Waals surface area contributed by atoms with E-state index >= 15 is 0 Å². The van der Waals surface area contributed by atoms with E-state index in [1.807, 2.05) is 24.3 Å². The topological polar surface area (TPSA) is 42.2 Å². The van der Waals surface area contributed by atoms with Crippen molar-refractivity contribution in [3.8, 4) is 0 Å². The van der Waals surface area contributed by atoms with Gasteiger partial charge in [0.05, 0.1) is 4.83 Å². The van der Waals surface area contributed by atoms with E-state index in [1.54, 1.807) is 6.07 Å². The maximum atomic E-state index is 12.0. The Labute approximate surface area is 130 Å². The number of carbonyl (C=O) groups is 1. The molecule has 0 spiro atoms. The number of rotatable bonds is 2. The first-order chi connectivity index (χ1) is 9.65. The third kappa shape index (κ3) is 2.63. The van der Waals surface area contributed by atoms with Crippen LogP contribution in [0.5, 0.6) is 0 Å². The van der Waals surface area contributed by atoms with Crippen LogP contribution < -0.4 is 5.32 Å². The Morgan fingerprint density at radius 3 is 2.90 bits per heavy atom. The van der Waals surface area contributed by atoms with Crippen molar-refractivity contribution in [3.05, 3.63) is 58.0 Å². The highest BCUT2D eigenvalue weighted by Crippen LogP contribution is 2.34. The molecule has 0 bridgehead atoms. The molecule has 3 nitrogen and oxygen atoms in total. The first kappa shape index (κ1) is 13.7. The molecule has 1 aromatic carbocycles. The van der Waals surface area contributed by atoms with Gasteiger partial charge in [-0.25, -0.2) is 0 Å². The van der Waals surface area contributed by atoms with Crippen LogP contribution in [0.15, 0.2) is 34.7 Å². The predicted octanol–water partition coefficient (Wildman–Crippen LogP) is 4.09. The Kier molecular flexibility index (Phi) is 3.85. The largest absolute Gasteiger partial charge is 0.448 e. The van der Waals surface area contributed by atoms with Gasteiger partial charge in [0, 0.05) is 12.1 Å². The monoisotopic (exact) mass is 353 g/mol. The quantitative estimate of drug-likeness (QED) is 0.825. The van der Waals surface area contributed by atoms with Crippen LogP contribution in [0, 0.1) is 0 Å². The van der Waals surface area contributed by atoms with Gasteiger partial charge in [-0.3, -0.25) is 4.79 Å². The van der Waals surface area contributed by atoms with Gasteiger partial charge in [-0.15, -0.1) is 0 Å². The van der Waals surface area contributed by atoms with Crippen LogP contribution in [0.2, 0.25) is 5.22 Å². The number of halogens is 2. The lowest BCUT2D eigenvalue weighted by Gasteiger charge is -2.11. The highest BCUT2D eigenvalue weighted by molar-refractivity contribution is 9.09. The number of furan rings is 1. The summed E-state index contributed by atoms with van der Waals surface area (Å²) in [5.41, 5.74) is 2.83. The molecule has 5 heteroatoms. The summed E-state index contributed by atoms with van der Waals surface area (Å²) in [5.74, 6) is 0.723. The van der Waals surface area contributed by atoms with E-state index in [4.69, 9.17) is 16.0 Å². The predicted molar refractivity (Wildman–Crippen MR) is 81.6 cm³/mol. The summed E-state index contributed by atoms with van der Waals surface area (Å²) in [7, 11) is 0. The van der Waals surface area contributed by atoms with Crippen LogP contribution in [0.1, 0.15) is 38.5 Å². The third-order valence-electron chi connectivity index (χ3n) is 3.42. The maximum Gasteiger partial charge on any atom is 0.251 e. The zero-order valence-electron chi connectivity index (χ0n) is 10.7. The highest BCUT2D eigenvalue weighted by Gasteiger charge is 2.20. The number of aryl methyl sites for hydroxylation is 1. The van der Waals surface area contributed by atoms with Gasteiger partial charge >= 0.3 is 0 Å².